The van der Waals surface area contributed by atoms with E-state index in [1.54, 1.807) is 42.5 Å². The van der Waals surface area contributed by atoms with Gasteiger partial charge in [-0.15, -0.1) is 15.0 Å². The van der Waals surface area contributed by atoms with Crippen LogP contribution in [0.4, 0.5) is 20.3 Å². The van der Waals surface area contributed by atoms with Crippen molar-refractivity contribution in [2.24, 2.45) is 5.73 Å². The first kappa shape index (κ1) is 24.6. The van der Waals surface area contributed by atoms with Gasteiger partial charge in [-0.2, -0.15) is 8.78 Å². The SMILES string of the molecule is CC(F)(F)c1cn(CCO)c(-c2ccc(Nc3nn(-c4c(Cl)cccc4Cl)nc3C(N)=O)cc2)n1. The molecule has 1 amide bonds. The van der Waals surface area contributed by atoms with Gasteiger partial charge in [-0.1, -0.05) is 29.3 Å². The summed E-state index contributed by atoms with van der Waals surface area (Å²) in [4.78, 5) is 17.1. The highest BCUT2D eigenvalue weighted by Crippen LogP contribution is 2.31. The number of amides is 1. The van der Waals surface area contributed by atoms with Gasteiger partial charge in [0.25, 0.3) is 11.8 Å². The van der Waals surface area contributed by atoms with E-state index >= 15 is 0 Å². The topological polar surface area (TPSA) is 124 Å². The van der Waals surface area contributed by atoms with Crippen LogP contribution < -0.4 is 11.1 Å². The monoisotopic (exact) mass is 521 g/mol. The van der Waals surface area contributed by atoms with Crippen LogP contribution in [-0.4, -0.2) is 42.2 Å². The average Bonchev–Trinajstić information content (AvgIpc) is 3.39. The molecule has 0 saturated carbocycles. The molecule has 2 aromatic heterocycles. The molecule has 182 valence electrons. The Morgan fingerprint density at radius 3 is 2.37 bits per heavy atom. The Hall–Kier alpha value is -3.54. The molecule has 0 saturated heterocycles. The summed E-state index contributed by atoms with van der Waals surface area (Å²) in [6.45, 7) is 0.627. The van der Waals surface area contributed by atoms with Crippen molar-refractivity contribution in [3.05, 3.63) is 70.1 Å². The number of carbonyl (C=O) groups excluding carboxylic acids is 1. The van der Waals surface area contributed by atoms with E-state index in [0.29, 0.717) is 11.3 Å². The second-order valence-corrected chi connectivity index (χ2v) is 8.39. The number of rotatable bonds is 8. The number of hydrogen-bond acceptors (Lipinski definition) is 6. The van der Waals surface area contributed by atoms with Crippen molar-refractivity contribution in [3.8, 4) is 17.1 Å². The number of primary amides is 1. The van der Waals surface area contributed by atoms with E-state index in [9.17, 15) is 18.7 Å². The molecule has 35 heavy (non-hydrogen) atoms. The third-order valence-corrected chi connectivity index (χ3v) is 5.57. The zero-order valence-electron chi connectivity index (χ0n) is 18.2. The Bertz CT molecular complexity index is 1360. The standard InChI is InChI=1S/C22H19Cl2F2N7O2/c1-22(25,26)16-11-32(9-10-34)21(29-16)12-5-7-13(8-6-12)28-20-17(19(27)35)30-33(31-20)18-14(23)3-2-4-15(18)24/h2-8,11,34H,9-10H2,1H3,(H2,27,35)(H,28,31). The Morgan fingerprint density at radius 1 is 1.14 bits per heavy atom. The van der Waals surface area contributed by atoms with Crippen LogP contribution in [0.15, 0.2) is 48.7 Å². The highest BCUT2D eigenvalue weighted by Gasteiger charge is 2.29. The number of nitrogens with one attached hydrogen (secondary N) is 1. The summed E-state index contributed by atoms with van der Waals surface area (Å²) in [6.07, 6.45) is 1.22. The van der Waals surface area contributed by atoms with Crippen molar-refractivity contribution >= 4 is 40.6 Å². The number of carbonyl (C=O) groups is 1. The molecular weight excluding hydrogens is 503 g/mol. The highest BCUT2D eigenvalue weighted by atomic mass is 35.5. The lowest BCUT2D eigenvalue weighted by Gasteiger charge is -2.08. The van der Waals surface area contributed by atoms with Gasteiger partial charge in [0.2, 0.25) is 0 Å². The van der Waals surface area contributed by atoms with Gasteiger partial charge in [-0.25, -0.2) is 4.98 Å². The molecule has 2 aromatic carbocycles. The van der Waals surface area contributed by atoms with Gasteiger partial charge in [0.15, 0.2) is 11.5 Å². The fourth-order valence-corrected chi connectivity index (χ4v) is 3.86. The first-order valence-corrected chi connectivity index (χ1v) is 11.0. The normalized spacial score (nSPS) is 11.6. The molecule has 0 aliphatic carbocycles. The number of imidazole rings is 1. The van der Waals surface area contributed by atoms with E-state index in [1.165, 1.54) is 10.8 Å². The fraction of sp³-hybridized carbons (Fsp3) is 0.182. The van der Waals surface area contributed by atoms with E-state index < -0.39 is 17.5 Å². The Balaban J connectivity index is 1.65. The number of hydrogen-bond donors (Lipinski definition) is 3. The van der Waals surface area contributed by atoms with Gasteiger partial charge in [-0.3, -0.25) is 4.79 Å². The molecular formula is C22H19Cl2F2N7O2. The molecule has 4 N–H and O–H groups in total. The zero-order chi connectivity index (χ0) is 25.3. The third kappa shape index (κ3) is 5.11. The summed E-state index contributed by atoms with van der Waals surface area (Å²) in [7, 11) is 0. The summed E-state index contributed by atoms with van der Waals surface area (Å²) < 4.78 is 29.0. The van der Waals surface area contributed by atoms with Gasteiger partial charge in [0.1, 0.15) is 17.2 Å². The molecule has 0 unspecified atom stereocenters. The molecule has 0 spiro atoms. The van der Waals surface area contributed by atoms with Crippen molar-refractivity contribution in [1.29, 1.82) is 0 Å². The van der Waals surface area contributed by atoms with Crippen LogP contribution in [0.5, 0.6) is 0 Å². The summed E-state index contributed by atoms with van der Waals surface area (Å²) in [5.74, 6) is -3.61. The average molecular weight is 522 g/mol. The number of nitrogens with zero attached hydrogens (tertiary/aromatic N) is 5. The van der Waals surface area contributed by atoms with Crippen LogP contribution in [-0.2, 0) is 12.5 Å². The molecule has 0 fully saturated rings. The second kappa shape index (κ2) is 9.61. The number of benzene rings is 2. The maximum absolute atomic E-state index is 13.8. The highest BCUT2D eigenvalue weighted by molar-refractivity contribution is 6.37. The van der Waals surface area contributed by atoms with E-state index in [4.69, 9.17) is 28.9 Å². The van der Waals surface area contributed by atoms with Crippen molar-refractivity contribution in [2.75, 3.05) is 11.9 Å². The second-order valence-electron chi connectivity index (χ2n) is 7.58. The van der Waals surface area contributed by atoms with E-state index in [2.05, 4.69) is 20.5 Å². The summed E-state index contributed by atoms with van der Waals surface area (Å²) in [5.41, 5.74) is 6.26. The molecule has 0 aliphatic rings. The predicted molar refractivity (Wildman–Crippen MR) is 127 cm³/mol. The minimum atomic E-state index is -3.13. The minimum Gasteiger partial charge on any atom is -0.395 e. The predicted octanol–water partition coefficient (Wildman–Crippen LogP) is 4.38. The van der Waals surface area contributed by atoms with Crippen LogP contribution in [0.25, 0.3) is 17.1 Å². The number of aliphatic hydroxyl groups is 1. The molecule has 0 radical (unpaired) electrons. The van der Waals surface area contributed by atoms with Gasteiger partial charge < -0.3 is 20.7 Å². The van der Waals surface area contributed by atoms with Gasteiger partial charge in [-0.05, 0) is 36.4 Å². The number of nitrogens with two attached hydrogens (primary N) is 1. The van der Waals surface area contributed by atoms with Crippen LogP contribution >= 0.6 is 23.2 Å². The van der Waals surface area contributed by atoms with Gasteiger partial charge in [0.05, 0.1) is 16.7 Å². The zero-order valence-corrected chi connectivity index (χ0v) is 19.7. The van der Waals surface area contributed by atoms with Crippen molar-refractivity contribution in [2.45, 2.75) is 19.4 Å². The summed E-state index contributed by atoms with van der Waals surface area (Å²) in [6, 6.07) is 11.4. The number of anilines is 2. The molecule has 0 atom stereocenters. The van der Waals surface area contributed by atoms with E-state index in [1.807, 2.05) is 0 Å². The number of para-hydroxylation sites is 1. The molecule has 9 nitrogen and oxygen atoms in total. The van der Waals surface area contributed by atoms with Crippen LogP contribution in [0.3, 0.4) is 0 Å². The smallest absolute Gasteiger partial charge is 0.288 e. The van der Waals surface area contributed by atoms with Gasteiger partial charge >= 0.3 is 0 Å². The number of aliphatic hydroxyl groups excluding tert-OH is 1. The van der Waals surface area contributed by atoms with Crippen LogP contribution in [0.1, 0.15) is 23.1 Å². The number of alkyl halides is 2. The molecule has 13 heteroatoms. The largest absolute Gasteiger partial charge is 0.395 e. The molecule has 4 rings (SSSR count). The first-order valence-electron chi connectivity index (χ1n) is 10.2. The quantitative estimate of drug-likeness (QED) is 0.316. The fourth-order valence-electron chi connectivity index (χ4n) is 3.31. The van der Waals surface area contributed by atoms with Crippen LogP contribution in [0.2, 0.25) is 10.0 Å². The van der Waals surface area contributed by atoms with E-state index in [0.717, 1.165) is 11.7 Å². The number of halogens is 4. The summed E-state index contributed by atoms with van der Waals surface area (Å²) >= 11 is 12.4. The van der Waals surface area contributed by atoms with E-state index in [-0.39, 0.29) is 46.2 Å². The molecule has 2 heterocycles. The summed E-state index contributed by atoms with van der Waals surface area (Å²) in [5, 5.41) is 21.2. The number of aromatic nitrogens is 5. The van der Waals surface area contributed by atoms with Crippen LogP contribution in [0, 0.1) is 0 Å². The molecule has 0 bridgehead atoms. The maximum Gasteiger partial charge on any atom is 0.288 e. The first-order chi connectivity index (χ1) is 16.6. The van der Waals surface area contributed by atoms with Crippen molar-refractivity contribution < 1.29 is 18.7 Å². The third-order valence-electron chi connectivity index (χ3n) is 4.96. The maximum atomic E-state index is 13.8. The lowest BCUT2D eigenvalue weighted by Crippen LogP contribution is -2.14. The van der Waals surface area contributed by atoms with Gasteiger partial charge in [0, 0.05) is 30.9 Å². The molecule has 0 aliphatic heterocycles. The lowest BCUT2D eigenvalue weighted by atomic mass is 10.2. The minimum absolute atomic E-state index is 0.0657. The Kier molecular flexibility index (Phi) is 6.75. The lowest BCUT2D eigenvalue weighted by molar-refractivity contribution is 0.0131. The van der Waals surface area contributed by atoms with Crippen molar-refractivity contribution in [3.63, 3.8) is 0 Å². The Labute approximate surface area is 208 Å². The molecule has 4 aromatic rings. The van der Waals surface area contributed by atoms with Crippen molar-refractivity contribution in [1.82, 2.24) is 24.5 Å². The Morgan fingerprint density at radius 2 is 1.80 bits per heavy atom.